The van der Waals surface area contributed by atoms with Gasteiger partial charge in [0.05, 0.1) is 5.52 Å². The molecule has 0 saturated heterocycles. The van der Waals surface area contributed by atoms with Gasteiger partial charge in [-0.2, -0.15) is 0 Å². The molecule has 0 aliphatic heterocycles. The first kappa shape index (κ1) is 19.8. The number of aryl methyl sites for hydroxylation is 1. The molecule has 0 atom stereocenters. The monoisotopic (exact) mass is 394 g/mol. The molecule has 0 aliphatic rings. The Labute approximate surface area is 164 Å². The van der Waals surface area contributed by atoms with Crippen molar-refractivity contribution in [1.82, 2.24) is 9.13 Å². The average Bonchev–Trinajstić information content (AvgIpc) is 2.67. The summed E-state index contributed by atoms with van der Waals surface area (Å²) in [7, 11) is 1.48. The molecule has 29 heavy (non-hydrogen) atoms. The molecule has 0 amide bonds. The Morgan fingerprint density at radius 1 is 1.10 bits per heavy atom. The normalized spacial score (nSPS) is 11.2. The van der Waals surface area contributed by atoms with Gasteiger partial charge in [0.1, 0.15) is 17.9 Å². The number of hydrogen-bond donors (Lipinski definition) is 2. The minimum Gasteiger partial charge on any atom is -0.507 e. The number of fused-ring (bicyclic) bond motifs is 1. The van der Waals surface area contributed by atoms with Crippen molar-refractivity contribution in [3.63, 3.8) is 0 Å². The third kappa shape index (κ3) is 3.73. The lowest BCUT2D eigenvalue weighted by Gasteiger charge is -2.09. The SMILES string of the molecule is Cc1cc(O)c(C(=O)C=Cc2cc3ccccc3n(CC(=O)O)c2=O)c(=O)n1C. The maximum atomic E-state index is 12.7. The van der Waals surface area contributed by atoms with Crippen LogP contribution in [0.5, 0.6) is 5.75 Å². The average molecular weight is 394 g/mol. The maximum Gasteiger partial charge on any atom is 0.323 e. The number of allylic oxidation sites excluding steroid dienone is 1. The maximum absolute atomic E-state index is 12.7. The van der Waals surface area contributed by atoms with Crippen LogP contribution in [0.1, 0.15) is 21.6 Å². The van der Waals surface area contributed by atoms with E-state index in [1.165, 1.54) is 29.8 Å². The summed E-state index contributed by atoms with van der Waals surface area (Å²) in [6, 6.07) is 9.62. The first-order valence-corrected chi connectivity index (χ1v) is 8.67. The molecule has 8 nitrogen and oxygen atoms in total. The van der Waals surface area contributed by atoms with E-state index in [1.54, 1.807) is 31.2 Å². The second kappa shape index (κ2) is 7.59. The molecule has 0 bridgehead atoms. The molecule has 8 heteroatoms. The molecule has 0 aliphatic carbocycles. The third-order valence-electron chi connectivity index (χ3n) is 4.63. The number of rotatable bonds is 5. The lowest BCUT2D eigenvalue weighted by molar-refractivity contribution is -0.137. The van der Waals surface area contributed by atoms with Crippen LogP contribution in [0.2, 0.25) is 0 Å². The van der Waals surface area contributed by atoms with Gasteiger partial charge < -0.3 is 14.8 Å². The predicted molar refractivity (Wildman–Crippen MR) is 107 cm³/mol. The number of pyridine rings is 2. The lowest BCUT2D eigenvalue weighted by Crippen LogP contribution is -2.26. The van der Waals surface area contributed by atoms with Gasteiger partial charge >= 0.3 is 5.97 Å². The minimum atomic E-state index is -1.18. The first-order valence-electron chi connectivity index (χ1n) is 8.67. The number of aromatic nitrogens is 2. The van der Waals surface area contributed by atoms with Crippen LogP contribution in [0.3, 0.4) is 0 Å². The Hall–Kier alpha value is -3.94. The molecular formula is C21H18N2O6. The standard InChI is InChI=1S/C21H18N2O6/c1-12-9-17(25)19(21(29)22(12)2)16(24)8-7-14-10-13-5-3-4-6-15(13)23(20(14)28)11-18(26)27/h3-10,25H,11H2,1-2H3,(H,26,27). The van der Waals surface area contributed by atoms with Gasteiger partial charge in [0.25, 0.3) is 11.1 Å². The highest BCUT2D eigenvalue weighted by Crippen LogP contribution is 2.17. The van der Waals surface area contributed by atoms with Gasteiger partial charge in [-0.25, -0.2) is 0 Å². The van der Waals surface area contributed by atoms with E-state index < -0.39 is 40.7 Å². The number of ketones is 1. The molecule has 3 rings (SSSR count). The van der Waals surface area contributed by atoms with Crippen molar-refractivity contribution in [2.24, 2.45) is 7.05 Å². The Bertz CT molecular complexity index is 1300. The summed E-state index contributed by atoms with van der Waals surface area (Å²) in [4.78, 5) is 48.7. The van der Waals surface area contributed by atoms with Crippen molar-refractivity contribution in [2.75, 3.05) is 0 Å². The molecule has 148 valence electrons. The second-order valence-corrected chi connectivity index (χ2v) is 6.55. The number of aromatic hydroxyl groups is 1. The summed E-state index contributed by atoms with van der Waals surface area (Å²) in [5.74, 6) is -2.38. The Morgan fingerprint density at radius 2 is 1.79 bits per heavy atom. The second-order valence-electron chi connectivity index (χ2n) is 6.55. The molecular weight excluding hydrogens is 376 g/mol. The fourth-order valence-corrected chi connectivity index (χ4v) is 3.05. The number of hydrogen-bond acceptors (Lipinski definition) is 5. The van der Waals surface area contributed by atoms with E-state index in [-0.39, 0.29) is 5.56 Å². The van der Waals surface area contributed by atoms with Gasteiger partial charge in [-0.1, -0.05) is 18.2 Å². The highest BCUT2D eigenvalue weighted by atomic mass is 16.4. The quantitative estimate of drug-likeness (QED) is 0.502. The third-order valence-corrected chi connectivity index (χ3v) is 4.63. The highest BCUT2D eigenvalue weighted by Gasteiger charge is 2.17. The van der Waals surface area contributed by atoms with E-state index in [9.17, 15) is 24.3 Å². The Kier molecular flexibility index (Phi) is 5.18. The van der Waals surface area contributed by atoms with Crippen molar-refractivity contribution in [1.29, 1.82) is 0 Å². The van der Waals surface area contributed by atoms with E-state index >= 15 is 0 Å². The van der Waals surface area contributed by atoms with Crippen LogP contribution in [0.25, 0.3) is 17.0 Å². The number of carboxylic acid groups (broad SMARTS) is 1. The topological polar surface area (TPSA) is 119 Å². The zero-order valence-corrected chi connectivity index (χ0v) is 15.7. The lowest BCUT2D eigenvalue weighted by atomic mass is 10.1. The van der Waals surface area contributed by atoms with E-state index in [0.29, 0.717) is 16.6 Å². The molecule has 0 saturated carbocycles. The van der Waals surface area contributed by atoms with Gasteiger partial charge in [0.15, 0.2) is 5.78 Å². The summed E-state index contributed by atoms with van der Waals surface area (Å²) < 4.78 is 2.33. The van der Waals surface area contributed by atoms with Crippen molar-refractivity contribution in [2.45, 2.75) is 13.5 Å². The fraction of sp³-hybridized carbons (Fsp3) is 0.143. The van der Waals surface area contributed by atoms with E-state index in [1.807, 2.05) is 0 Å². The zero-order valence-electron chi connectivity index (χ0n) is 15.7. The largest absolute Gasteiger partial charge is 0.507 e. The molecule has 2 aromatic heterocycles. The number of carbonyl (C=O) groups is 2. The van der Waals surface area contributed by atoms with Crippen molar-refractivity contribution in [3.8, 4) is 5.75 Å². The molecule has 2 heterocycles. The summed E-state index contributed by atoms with van der Waals surface area (Å²) in [6.45, 7) is 1.08. The summed E-state index contributed by atoms with van der Waals surface area (Å²) in [6.07, 6.45) is 2.23. The molecule has 0 fully saturated rings. The van der Waals surface area contributed by atoms with Crippen LogP contribution >= 0.6 is 0 Å². The molecule has 0 unspecified atom stereocenters. The number of benzene rings is 1. The van der Waals surface area contributed by atoms with Gasteiger partial charge in [-0.05, 0) is 36.6 Å². The van der Waals surface area contributed by atoms with Crippen LogP contribution in [-0.4, -0.2) is 31.1 Å². The Morgan fingerprint density at radius 3 is 2.48 bits per heavy atom. The number of aliphatic carboxylic acids is 1. The van der Waals surface area contributed by atoms with Gasteiger partial charge in [-0.3, -0.25) is 23.7 Å². The van der Waals surface area contributed by atoms with E-state index in [4.69, 9.17) is 5.11 Å². The molecule has 1 aromatic carbocycles. The molecule has 0 radical (unpaired) electrons. The summed E-state index contributed by atoms with van der Waals surface area (Å²) >= 11 is 0. The summed E-state index contributed by atoms with van der Waals surface area (Å²) in [5.41, 5.74) is -0.620. The van der Waals surface area contributed by atoms with Gasteiger partial charge in [0.2, 0.25) is 0 Å². The van der Waals surface area contributed by atoms with Crippen molar-refractivity contribution in [3.05, 3.63) is 80.0 Å². The van der Waals surface area contributed by atoms with Gasteiger partial charge in [-0.15, -0.1) is 0 Å². The molecule has 3 aromatic rings. The van der Waals surface area contributed by atoms with Crippen molar-refractivity contribution < 1.29 is 19.8 Å². The number of para-hydroxylation sites is 1. The van der Waals surface area contributed by atoms with Crippen LogP contribution in [-0.2, 0) is 18.4 Å². The predicted octanol–water partition coefficient (Wildman–Crippen LogP) is 1.69. The fourth-order valence-electron chi connectivity index (χ4n) is 3.05. The van der Waals surface area contributed by atoms with E-state index in [2.05, 4.69) is 0 Å². The summed E-state index contributed by atoms with van der Waals surface area (Å²) in [5, 5.41) is 19.7. The Balaban J connectivity index is 2.10. The smallest absolute Gasteiger partial charge is 0.323 e. The van der Waals surface area contributed by atoms with Crippen LogP contribution in [0.15, 0.2) is 52.1 Å². The van der Waals surface area contributed by atoms with Crippen molar-refractivity contribution >= 4 is 28.7 Å². The zero-order chi connectivity index (χ0) is 21.3. The number of nitrogens with zero attached hydrogens (tertiary/aromatic N) is 2. The van der Waals surface area contributed by atoms with Crippen LogP contribution < -0.4 is 11.1 Å². The highest BCUT2D eigenvalue weighted by molar-refractivity contribution is 6.08. The van der Waals surface area contributed by atoms with E-state index in [0.717, 1.165) is 10.6 Å². The van der Waals surface area contributed by atoms with Gasteiger partial charge in [0, 0.05) is 24.4 Å². The first-order chi connectivity index (χ1) is 13.7. The van der Waals surface area contributed by atoms with Crippen LogP contribution in [0, 0.1) is 6.92 Å². The number of carboxylic acids is 1. The molecule has 2 N–H and O–H groups in total. The van der Waals surface area contributed by atoms with Crippen LogP contribution in [0.4, 0.5) is 0 Å². The molecule has 0 spiro atoms. The minimum absolute atomic E-state index is 0.0849. The number of carbonyl (C=O) groups excluding carboxylic acids is 1.